The Kier molecular flexibility index (Phi) is 3.22. The average molecular weight is 291 g/mol. The Balaban J connectivity index is 1.95. The third kappa shape index (κ3) is 2.41. The highest BCUT2D eigenvalue weighted by molar-refractivity contribution is 5.83. The fourth-order valence-corrected chi connectivity index (χ4v) is 2.77. The zero-order valence-corrected chi connectivity index (χ0v) is 12.3. The standard InChI is InChI=1S/C18H17N3O/c22-18-15(16-6-2-1-3-9-19-16)11-14-5-4-10-20-17(14)21(18)12-13-7-8-13/h1-2,4-6,9-11,13H,3,7-8,12H2. The highest BCUT2D eigenvalue weighted by Crippen LogP contribution is 2.31. The van der Waals surface area contributed by atoms with Crippen LogP contribution in [-0.4, -0.2) is 15.8 Å². The largest absolute Gasteiger partial charge is 0.292 e. The van der Waals surface area contributed by atoms with Crippen LogP contribution in [0.25, 0.3) is 16.7 Å². The van der Waals surface area contributed by atoms with Crippen molar-refractivity contribution >= 4 is 22.9 Å². The van der Waals surface area contributed by atoms with E-state index in [1.165, 1.54) is 12.8 Å². The molecule has 2 aromatic heterocycles. The van der Waals surface area contributed by atoms with Crippen LogP contribution in [-0.2, 0) is 6.54 Å². The maximum absolute atomic E-state index is 12.9. The predicted molar refractivity (Wildman–Crippen MR) is 89.0 cm³/mol. The van der Waals surface area contributed by atoms with Gasteiger partial charge in [-0.15, -0.1) is 0 Å². The second-order valence-electron chi connectivity index (χ2n) is 5.86. The Hall–Kier alpha value is -2.49. The van der Waals surface area contributed by atoms with E-state index in [-0.39, 0.29) is 5.56 Å². The number of nitrogens with zero attached hydrogens (tertiary/aromatic N) is 3. The van der Waals surface area contributed by atoms with Gasteiger partial charge in [0.2, 0.25) is 0 Å². The van der Waals surface area contributed by atoms with Gasteiger partial charge in [0, 0.05) is 30.8 Å². The van der Waals surface area contributed by atoms with Gasteiger partial charge in [0.25, 0.3) is 5.56 Å². The summed E-state index contributed by atoms with van der Waals surface area (Å²) in [5, 5.41) is 0.988. The van der Waals surface area contributed by atoms with Crippen LogP contribution in [0, 0.1) is 5.92 Å². The second kappa shape index (κ2) is 5.37. The molecule has 0 spiro atoms. The van der Waals surface area contributed by atoms with Gasteiger partial charge in [-0.3, -0.25) is 14.4 Å². The van der Waals surface area contributed by atoms with Crippen LogP contribution < -0.4 is 5.56 Å². The van der Waals surface area contributed by atoms with E-state index < -0.39 is 0 Å². The first-order valence-corrected chi connectivity index (χ1v) is 7.71. The summed E-state index contributed by atoms with van der Waals surface area (Å²) in [6, 6.07) is 5.82. The lowest BCUT2D eigenvalue weighted by atomic mass is 10.1. The molecule has 0 aromatic carbocycles. The van der Waals surface area contributed by atoms with Crippen LogP contribution in [0.15, 0.2) is 52.4 Å². The Bertz CT molecular complexity index is 870. The van der Waals surface area contributed by atoms with Gasteiger partial charge in [0.05, 0.1) is 11.3 Å². The van der Waals surface area contributed by atoms with Crippen molar-refractivity contribution in [3.63, 3.8) is 0 Å². The van der Waals surface area contributed by atoms with Crippen LogP contribution in [0.3, 0.4) is 0 Å². The van der Waals surface area contributed by atoms with Crippen molar-refractivity contribution in [2.24, 2.45) is 10.9 Å². The molecule has 1 fully saturated rings. The molecule has 4 heteroatoms. The zero-order valence-electron chi connectivity index (χ0n) is 12.3. The van der Waals surface area contributed by atoms with Crippen LogP contribution in [0.2, 0.25) is 0 Å². The molecule has 2 aromatic rings. The molecule has 4 rings (SSSR count). The Morgan fingerprint density at radius 2 is 2.23 bits per heavy atom. The lowest BCUT2D eigenvalue weighted by Crippen LogP contribution is -2.25. The van der Waals surface area contributed by atoms with Gasteiger partial charge >= 0.3 is 0 Å². The van der Waals surface area contributed by atoms with Crippen LogP contribution in [0.5, 0.6) is 0 Å². The van der Waals surface area contributed by atoms with Gasteiger partial charge < -0.3 is 0 Å². The molecule has 1 aliphatic carbocycles. The summed E-state index contributed by atoms with van der Waals surface area (Å²) >= 11 is 0. The van der Waals surface area contributed by atoms with Crippen molar-refractivity contribution in [1.82, 2.24) is 9.55 Å². The summed E-state index contributed by atoms with van der Waals surface area (Å²) in [7, 11) is 0. The summed E-state index contributed by atoms with van der Waals surface area (Å²) in [4.78, 5) is 21.8. The maximum atomic E-state index is 12.9. The quantitative estimate of drug-likeness (QED) is 0.872. The maximum Gasteiger partial charge on any atom is 0.261 e. The molecule has 1 saturated carbocycles. The van der Waals surface area contributed by atoms with Gasteiger partial charge in [0.15, 0.2) is 0 Å². The zero-order chi connectivity index (χ0) is 14.9. The summed E-state index contributed by atoms with van der Waals surface area (Å²) < 4.78 is 1.83. The number of allylic oxidation sites excluding steroid dienone is 3. The molecule has 0 radical (unpaired) electrons. The molecule has 0 amide bonds. The summed E-state index contributed by atoms with van der Waals surface area (Å²) in [5.41, 5.74) is 2.17. The first kappa shape index (κ1) is 13.2. The van der Waals surface area contributed by atoms with Crippen molar-refractivity contribution in [3.05, 3.63) is 58.5 Å². The number of aromatic nitrogens is 2. The second-order valence-corrected chi connectivity index (χ2v) is 5.86. The number of pyridine rings is 2. The fraction of sp³-hybridized carbons (Fsp3) is 0.278. The smallest absolute Gasteiger partial charge is 0.261 e. The van der Waals surface area contributed by atoms with Gasteiger partial charge in [0.1, 0.15) is 5.65 Å². The third-order valence-electron chi connectivity index (χ3n) is 4.12. The SMILES string of the molecule is O=c1c(C2=CC=CCC=N2)cc2cccnc2n1CC1CC1. The molecular formula is C18H17N3O. The van der Waals surface area contributed by atoms with Crippen molar-refractivity contribution in [2.45, 2.75) is 25.8 Å². The molecule has 0 bridgehead atoms. The van der Waals surface area contributed by atoms with Crippen molar-refractivity contribution in [3.8, 4) is 0 Å². The van der Waals surface area contributed by atoms with E-state index in [0.717, 1.165) is 29.7 Å². The van der Waals surface area contributed by atoms with Crippen molar-refractivity contribution in [1.29, 1.82) is 0 Å². The molecule has 0 N–H and O–H groups in total. The first-order chi connectivity index (χ1) is 10.8. The number of hydrogen-bond donors (Lipinski definition) is 0. The topological polar surface area (TPSA) is 47.2 Å². The van der Waals surface area contributed by atoms with E-state index in [4.69, 9.17) is 0 Å². The summed E-state index contributed by atoms with van der Waals surface area (Å²) in [5.74, 6) is 0.615. The third-order valence-corrected chi connectivity index (χ3v) is 4.12. The number of rotatable bonds is 3. The van der Waals surface area contributed by atoms with Gasteiger partial charge in [-0.25, -0.2) is 4.98 Å². The van der Waals surface area contributed by atoms with Crippen LogP contribution in [0.4, 0.5) is 0 Å². The number of hydrogen-bond acceptors (Lipinski definition) is 3. The number of fused-ring (bicyclic) bond motifs is 1. The van der Waals surface area contributed by atoms with Crippen molar-refractivity contribution in [2.75, 3.05) is 0 Å². The molecule has 0 unspecified atom stereocenters. The normalized spacial score (nSPS) is 17.5. The predicted octanol–water partition coefficient (Wildman–Crippen LogP) is 3.18. The Labute approximate surface area is 128 Å². The summed E-state index contributed by atoms with van der Waals surface area (Å²) in [6.45, 7) is 0.757. The molecule has 110 valence electrons. The highest BCUT2D eigenvalue weighted by Gasteiger charge is 2.24. The molecular weight excluding hydrogens is 274 g/mol. The minimum absolute atomic E-state index is 0.0109. The van der Waals surface area contributed by atoms with E-state index >= 15 is 0 Å². The minimum Gasteiger partial charge on any atom is -0.292 e. The molecule has 2 aliphatic rings. The van der Waals surface area contributed by atoms with E-state index in [1.807, 2.05) is 47.2 Å². The molecule has 4 nitrogen and oxygen atoms in total. The van der Waals surface area contributed by atoms with Gasteiger partial charge in [-0.2, -0.15) is 0 Å². The average Bonchev–Trinajstić information content (AvgIpc) is 3.36. The van der Waals surface area contributed by atoms with E-state index in [2.05, 4.69) is 9.98 Å². The summed E-state index contributed by atoms with van der Waals surface area (Å²) in [6.07, 6.45) is 12.7. The highest BCUT2D eigenvalue weighted by atomic mass is 16.1. The van der Waals surface area contributed by atoms with Crippen LogP contribution >= 0.6 is 0 Å². The Morgan fingerprint density at radius 1 is 1.32 bits per heavy atom. The molecule has 22 heavy (non-hydrogen) atoms. The van der Waals surface area contributed by atoms with Crippen molar-refractivity contribution < 1.29 is 0 Å². The van der Waals surface area contributed by atoms with Gasteiger partial charge in [-0.1, -0.05) is 12.2 Å². The molecule has 0 atom stereocenters. The van der Waals surface area contributed by atoms with Gasteiger partial charge in [-0.05, 0) is 43.0 Å². The molecule has 1 aliphatic heterocycles. The minimum atomic E-state index is 0.0109. The van der Waals surface area contributed by atoms with E-state index in [0.29, 0.717) is 11.5 Å². The fourth-order valence-electron chi connectivity index (χ4n) is 2.77. The first-order valence-electron chi connectivity index (χ1n) is 7.71. The van der Waals surface area contributed by atoms with E-state index in [1.54, 1.807) is 6.20 Å². The van der Waals surface area contributed by atoms with Crippen LogP contribution in [0.1, 0.15) is 24.8 Å². The Morgan fingerprint density at radius 3 is 3.09 bits per heavy atom. The lowest BCUT2D eigenvalue weighted by Gasteiger charge is -2.11. The molecule has 0 saturated heterocycles. The van der Waals surface area contributed by atoms with E-state index in [9.17, 15) is 4.79 Å². The molecule has 3 heterocycles. The monoisotopic (exact) mass is 291 g/mol. The number of aliphatic imine (C=N–C) groups is 1. The lowest BCUT2D eigenvalue weighted by molar-refractivity contribution is 0.621.